The van der Waals surface area contributed by atoms with Crippen LogP contribution in [0, 0.1) is 10.8 Å². The predicted octanol–water partition coefficient (Wildman–Crippen LogP) is 3.32. The Hall–Kier alpha value is -1.32. The molecule has 0 saturated heterocycles. The van der Waals surface area contributed by atoms with Crippen molar-refractivity contribution in [3.8, 4) is 0 Å². The van der Waals surface area contributed by atoms with Crippen molar-refractivity contribution in [2.24, 2.45) is 10.8 Å². The number of anilines is 2. The Bertz CT molecular complexity index is 451. The third-order valence-corrected chi connectivity index (χ3v) is 4.94. The van der Waals surface area contributed by atoms with E-state index in [0.29, 0.717) is 16.9 Å². The van der Waals surface area contributed by atoms with Gasteiger partial charge in [0.2, 0.25) is 0 Å². The minimum absolute atomic E-state index is 0.307. The Balaban J connectivity index is 2.24. The van der Waals surface area contributed by atoms with Gasteiger partial charge in [0.25, 0.3) is 0 Å². The van der Waals surface area contributed by atoms with Crippen molar-refractivity contribution in [1.29, 1.82) is 0 Å². The first kappa shape index (κ1) is 14.1. The molecule has 4 heteroatoms. The van der Waals surface area contributed by atoms with Crippen molar-refractivity contribution >= 4 is 11.6 Å². The molecule has 0 bridgehead atoms. The van der Waals surface area contributed by atoms with Gasteiger partial charge in [0.05, 0.1) is 0 Å². The molecule has 1 aliphatic rings. The standard InChI is InChI=1S/C15H26N4/c1-7-10-11(16-8-2)17-9-18-12(10)19-13-14(3,4)15(13,5)6/h9,13H,7-8H2,1-6H3,(H2,16,17,18,19). The largest absolute Gasteiger partial charge is 0.370 e. The Labute approximate surface area is 116 Å². The predicted molar refractivity (Wildman–Crippen MR) is 80.5 cm³/mol. The Kier molecular flexibility index (Phi) is 3.45. The molecule has 0 radical (unpaired) electrons. The van der Waals surface area contributed by atoms with E-state index in [0.717, 1.165) is 24.6 Å². The second-order valence-electron chi connectivity index (χ2n) is 6.45. The molecule has 0 unspecified atom stereocenters. The van der Waals surface area contributed by atoms with E-state index in [1.807, 2.05) is 0 Å². The van der Waals surface area contributed by atoms with Crippen molar-refractivity contribution in [2.75, 3.05) is 17.2 Å². The Morgan fingerprint density at radius 2 is 1.63 bits per heavy atom. The van der Waals surface area contributed by atoms with Gasteiger partial charge >= 0.3 is 0 Å². The van der Waals surface area contributed by atoms with Gasteiger partial charge in [-0.2, -0.15) is 0 Å². The molecule has 0 atom stereocenters. The van der Waals surface area contributed by atoms with Crippen LogP contribution in [0.4, 0.5) is 11.6 Å². The molecule has 0 spiro atoms. The van der Waals surface area contributed by atoms with Gasteiger partial charge in [-0.3, -0.25) is 0 Å². The second kappa shape index (κ2) is 4.66. The third kappa shape index (κ3) is 2.17. The molecule has 2 N–H and O–H groups in total. The lowest BCUT2D eigenvalue weighted by Gasteiger charge is -2.14. The summed E-state index contributed by atoms with van der Waals surface area (Å²) >= 11 is 0. The fraction of sp³-hybridized carbons (Fsp3) is 0.733. The molecule has 106 valence electrons. The maximum atomic E-state index is 4.44. The molecule has 1 aromatic rings. The number of aromatic nitrogens is 2. The van der Waals surface area contributed by atoms with Crippen LogP contribution >= 0.6 is 0 Å². The van der Waals surface area contributed by atoms with E-state index in [9.17, 15) is 0 Å². The summed E-state index contributed by atoms with van der Waals surface area (Å²) in [5.74, 6) is 1.94. The molecule has 1 aliphatic carbocycles. The Morgan fingerprint density at radius 1 is 1.05 bits per heavy atom. The summed E-state index contributed by atoms with van der Waals surface area (Å²) in [5, 5.41) is 6.94. The number of hydrogen-bond donors (Lipinski definition) is 2. The molecule has 1 aromatic heterocycles. The molecule has 1 fully saturated rings. The summed E-state index contributed by atoms with van der Waals surface area (Å²) in [7, 11) is 0. The van der Waals surface area contributed by atoms with Gasteiger partial charge in [0, 0.05) is 18.2 Å². The van der Waals surface area contributed by atoms with E-state index in [1.54, 1.807) is 6.33 Å². The van der Waals surface area contributed by atoms with E-state index in [4.69, 9.17) is 0 Å². The first-order chi connectivity index (χ1) is 8.86. The number of rotatable bonds is 5. The molecule has 1 heterocycles. The Morgan fingerprint density at radius 3 is 2.11 bits per heavy atom. The lowest BCUT2D eigenvalue weighted by atomic mass is 10.0. The molecular weight excluding hydrogens is 236 g/mol. The normalized spacial score (nSPS) is 20.1. The van der Waals surface area contributed by atoms with E-state index in [2.05, 4.69) is 62.1 Å². The van der Waals surface area contributed by atoms with Crippen LogP contribution in [-0.2, 0) is 6.42 Å². The van der Waals surface area contributed by atoms with Gasteiger partial charge in [0.1, 0.15) is 18.0 Å². The third-order valence-electron chi connectivity index (χ3n) is 4.94. The molecule has 19 heavy (non-hydrogen) atoms. The molecule has 2 rings (SSSR count). The van der Waals surface area contributed by atoms with Crippen LogP contribution in [0.3, 0.4) is 0 Å². The van der Waals surface area contributed by atoms with Gasteiger partial charge < -0.3 is 10.6 Å². The highest BCUT2D eigenvalue weighted by molar-refractivity contribution is 5.59. The molecule has 0 aliphatic heterocycles. The van der Waals surface area contributed by atoms with Crippen LogP contribution in [0.2, 0.25) is 0 Å². The van der Waals surface area contributed by atoms with Gasteiger partial charge in [-0.25, -0.2) is 9.97 Å². The zero-order valence-corrected chi connectivity index (χ0v) is 13.0. The van der Waals surface area contributed by atoms with E-state index >= 15 is 0 Å². The second-order valence-corrected chi connectivity index (χ2v) is 6.45. The monoisotopic (exact) mass is 262 g/mol. The fourth-order valence-corrected chi connectivity index (χ4v) is 2.89. The van der Waals surface area contributed by atoms with E-state index in [1.165, 1.54) is 5.56 Å². The van der Waals surface area contributed by atoms with Crippen molar-refractivity contribution in [3.63, 3.8) is 0 Å². The summed E-state index contributed by atoms with van der Waals surface area (Å²) in [6.07, 6.45) is 2.57. The summed E-state index contributed by atoms with van der Waals surface area (Å²) in [6, 6.07) is 0.467. The van der Waals surface area contributed by atoms with Gasteiger partial charge in [-0.1, -0.05) is 34.6 Å². The number of nitrogens with zero attached hydrogens (tertiary/aromatic N) is 2. The average Bonchev–Trinajstić information content (AvgIpc) is 2.72. The molecule has 0 amide bonds. The lowest BCUT2D eigenvalue weighted by Crippen LogP contribution is -2.15. The quantitative estimate of drug-likeness (QED) is 0.854. The SMILES string of the molecule is CCNc1ncnc(NC2C(C)(C)C2(C)C)c1CC. The van der Waals surface area contributed by atoms with Crippen molar-refractivity contribution in [1.82, 2.24) is 9.97 Å². The zero-order chi connectivity index (χ0) is 14.3. The minimum Gasteiger partial charge on any atom is -0.370 e. The molecule has 4 nitrogen and oxygen atoms in total. The molecular formula is C15H26N4. The van der Waals surface area contributed by atoms with Crippen molar-refractivity contribution in [3.05, 3.63) is 11.9 Å². The number of hydrogen-bond acceptors (Lipinski definition) is 4. The highest BCUT2D eigenvalue weighted by Gasteiger charge is 2.65. The maximum absolute atomic E-state index is 4.44. The van der Waals surface area contributed by atoms with Crippen LogP contribution in [0.15, 0.2) is 6.33 Å². The number of nitrogens with one attached hydrogen (secondary N) is 2. The van der Waals surface area contributed by atoms with E-state index in [-0.39, 0.29) is 0 Å². The molecule has 1 saturated carbocycles. The highest BCUT2D eigenvalue weighted by atomic mass is 15.1. The lowest BCUT2D eigenvalue weighted by molar-refractivity contribution is 0.457. The van der Waals surface area contributed by atoms with Gasteiger partial charge in [-0.05, 0) is 24.2 Å². The van der Waals surface area contributed by atoms with Gasteiger partial charge in [-0.15, -0.1) is 0 Å². The minimum atomic E-state index is 0.307. The topological polar surface area (TPSA) is 49.8 Å². The van der Waals surface area contributed by atoms with Gasteiger partial charge in [0.15, 0.2) is 0 Å². The summed E-state index contributed by atoms with van der Waals surface area (Å²) in [6.45, 7) is 14.3. The zero-order valence-electron chi connectivity index (χ0n) is 13.0. The smallest absolute Gasteiger partial charge is 0.134 e. The van der Waals surface area contributed by atoms with Crippen LogP contribution in [0.25, 0.3) is 0 Å². The van der Waals surface area contributed by atoms with Crippen molar-refractivity contribution < 1.29 is 0 Å². The summed E-state index contributed by atoms with van der Waals surface area (Å²) < 4.78 is 0. The van der Waals surface area contributed by atoms with Crippen molar-refractivity contribution in [2.45, 2.75) is 54.0 Å². The van der Waals surface area contributed by atoms with E-state index < -0.39 is 0 Å². The summed E-state index contributed by atoms with van der Waals surface area (Å²) in [4.78, 5) is 8.78. The average molecular weight is 262 g/mol. The first-order valence-electron chi connectivity index (χ1n) is 7.20. The van der Waals surface area contributed by atoms with Crippen LogP contribution in [0.5, 0.6) is 0 Å². The van der Waals surface area contributed by atoms with Crippen LogP contribution < -0.4 is 10.6 Å². The van der Waals surface area contributed by atoms with Crippen LogP contribution in [-0.4, -0.2) is 22.6 Å². The van der Waals surface area contributed by atoms with Crippen LogP contribution in [0.1, 0.15) is 47.1 Å². The highest BCUT2D eigenvalue weighted by Crippen LogP contribution is 2.63. The maximum Gasteiger partial charge on any atom is 0.134 e. The fourth-order valence-electron chi connectivity index (χ4n) is 2.89. The first-order valence-corrected chi connectivity index (χ1v) is 7.20. The summed E-state index contributed by atoms with van der Waals surface area (Å²) in [5.41, 5.74) is 1.80. The molecule has 0 aromatic carbocycles.